The van der Waals surface area contributed by atoms with Crippen LogP contribution in [-0.4, -0.2) is 31.9 Å². The normalized spacial score (nSPS) is 11.6. The van der Waals surface area contributed by atoms with Crippen LogP contribution in [0.2, 0.25) is 10.0 Å². The Morgan fingerprint density at radius 2 is 1.77 bits per heavy atom. The minimum absolute atomic E-state index is 0.333. The van der Waals surface area contributed by atoms with Crippen molar-refractivity contribution in [1.29, 1.82) is 0 Å². The van der Waals surface area contributed by atoms with Gasteiger partial charge in [-0.05, 0) is 61.9 Å². The SMILES string of the molecule is CCOC(=O)[C@H](Cc1ccc(OCC=CC#Cc2cc(Cl)cc(Cl)c2)cc1)OCC. The summed E-state index contributed by atoms with van der Waals surface area (Å²) in [5.74, 6) is 6.27. The summed E-state index contributed by atoms with van der Waals surface area (Å²) in [4.78, 5) is 12.0. The van der Waals surface area contributed by atoms with E-state index < -0.39 is 6.10 Å². The second-order valence-corrected chi connectivity index (χ2v) is 7.06. The highest BCUT2D eigenvalue weighted by Crippen LogP contribution is 2.18. The molecule has 0 spiro atoms. The molecule has 0 aliphatic carbocycles. The van der Waals surface area contributed by atoms with Gasteiger partial charge in [0.2, 0.25) is 0 Å². The Kier molecular flexibility index (Phi) is 10.3. The Bertz CT molecular complexity index is 891. The summed E-state index contributed by atoms with van der Waals surface area (Å²) in [6.07, 6.45) is 3.39. The summed E-state index contributed by atoms with van der Waals surface area (Å²) in [7, 11) is 0. The summed E-state index contributed by atoms with van der Waals surface area (Å²) < 4.78 is 16.2. The van der Waals surface area contributed by atoms with Crippen LogP contribution in [0.5, 0.6) is 5.75 Å². The van der Waals surface area contributed by atoms with Crippen molar-refractivity contribution < 1.29 is 19.0 Å². The zero-order valence-corrected chi connectivity index (χ0v) is 18.5. The fraction of sp³-hybridized carbons (Fsp3) is 0.292. The molecule has 2 aromatic rings. The number of rotatable bonds is 9. The summed E-state index contributed by atoms with van der Waals surface area (Å²) in [6, 6.07) is 12.7. The number of hydrogen-bond acceptors (Lipinski definition) is 4. The van der Waals surface area contributed by atoms with Gasteiger partial charge in [0, 0.05) is 28.6 Å². The minimum Gasteiger partial charge on any atom is -0.490 e. The first-order valence-corrected chi connectivity index (χ1v) is 10.4. The van der Waals surface area contributed by atoms with Crippen LogP contribution in [0.4, 0.5) is 0 Å². The summed E-state index contributed by atoms with van der Waals surface area (Å²) in [6.45, 7) is 4.80. The number of benzene rings is 2. The van der Waals surface area contributed by atoms with Crippen LogP contribution in [0, 0.1) is 11.8 Å². The number of allylic oxidation sites excluding steroid dienone is 1. The van der Waals surface area contributed by atoms with Gasteiger partial charge in [-0.1, -0.05) is 47.2 Å². The van der Waals surface area contributed by atoms with Crippen molar-refractivity contribution in [1.82, 2.24) is 0 Å². The quantitative estimate of drug-likeness (QED) is 0.377. The van der Waals surface area contributed by atoms with Gasteiger partial charge in [-0.2, -0.15) is 0 Å². The highest BCUT2D eigenvalue weighted by Gasteiger charge is 2.20. The van der Waals surface area contributed by atoms with Crippen LogP contribution in [-0.2, 0) is 20.7 Å². The van der Waals surface area contributed by atoms with E-state index in [9.17, 15) is 4.79 Å². The molecule has 0 aliphatic heterocycles. The average Bonchev–Trinajstić information content (AvgIpc) is 2.71. The number of carbonyl (C=O) groups excluding carboxylic acids is 1. The monoisotopic (exact) mass is 446 g/mol. The first-order valence-electron chi connectivity index (χ1n) is 9.64. The third kappa shape index (κ3) is 8.51. The Balaban J connectivity index is 1.83. The smallest absolute Gasteiger partial charge is 0.335 e. The van der Waals surface area contributed by atoms with E-state index >= 15 is 0 Å². The Morgan fingerprint density at radius 3 is 2.40 bits per heavy atom. The van der Waals surface area contributed by atoms with Crippen LogP contribution in [0.15, 0.2) is 54.6 Å². The van der Waals surface area contributed by atoms with Crippen molar-refractivity contribution >= 4 is 29.2 Å². The Labute approximate surface area is 187 Å². The zero-order valence-electron chi connectivity index (χ0n) is 17.0. The van der Waals surface area contributed by atoms with E-state index in [0.29, 0.717) is 36.3 Å². The van der Waals surface area contributed by atoms with Gasteiger partial charge in [-0.3, -0.25) is 0 Å². The molecule has 6 heteroatoms. The maximum Gasteiger partial charge on any atom is 0.335 e. The van der Waals surface area contributed by atoms with Crippen molar-refractivity contribution in [2.75, 3.05) is 19.8 Å². The maximum absolute atomic E-state index is 12.0. The second-order valence-electron chi connectivity index (χ2n) is 6.18. The maximum atomic E-state index is 12.0. The summed E-state index contributed by atoms with van der Waals surface area (Å²) in [5.41, 5.74) is 1.72. The highest BCUT2D eigenvalue weighted by molar-refractivity contribution is 6.34. The molecule has 0 aromatic heterocycles. The molecule has 0 fully saturated rings. The van der Waals surface area contributed by atoms with Crippen molar-refractivity contribution in [3.05, 3.63) is 75.8 Å². The number of hydrogen-bond donors (Lipinski definition) is 0. The molecular formula is C24H24Cl2O4. The predicted octanol–water partition coefficient (Wildman–Crippen LogP) is 5.49. The molecule has 0 amide bonds. The standard InChI is InChI=1S/C24H24Cl2O4/c1-3-28-23(24(27)29-4-2)16-18-9-11-22(12-10-18)30-13-7-5-6-8-19-14-20(25)17-21(26)15-19/h5,7,9-12,14-15,17,23H,3-4,13,16H2,1-2H3/t23-/m0/s1. The van der Waals surface area contributed by atoms with Gasteiger partial charge in [0.15, 0.2) is 6.10 Å². The summed E-state index contributed by atoms with van der Waals surface area (Å²) >= 11 is 11.9. The van der Waals surface area contributed by atoms with Gasteiger partial charge < -0.3 is 14.2 Å². The van der Waals surface area contributed by atoms with Crippen LogP contribution in [0.1, 0.15) is 25.0 Å². The van der Waals surface area contributed by atoms with Crippen LogP contribution < -0.4 is 4.74 Å². The van der Waals surface area contributed by atoms with Gasteiger partial charge in [-0.25, -0.2) is 4.79 Å². The van der Waals surface area contributed by atoms with Gasteiger partial charge in [-0.15, -0.1) is 0 Å². The molecule has 158 valence electrons. The van der Waals surface area contributed by atoms with Gasteiger partial charge >= 0.3 is 5.97 Å². The van der Waals surface area contributed by atoms with Crippen LogP contribution in [0.3, 0.4) is 0 Å². The number of ether oxygens (including phenoxy) is 3. The topological polar surface area (TPSA) is 44.8 Å². The first kappa shape index (κ1) is 23.8. The van der Waals surface area contributed by atoms with E-state index in [4.69, 9.17) is 37.4 Å². The van der Waals surface area contributed by atoms with Gasteiger partial charge in [0.1, 0.15) is 12.4 Å². The Hall–Kier alpha value is -2.45. The predicted molar refractivity (Wildman–Crippen MR) is 120 cm³/mol. The molecule has 0 unspecified atom stereocenters. The molecular weight excluding hydrogens is 423 g/mol. The lowest BCUT2D eigenvalue weighted by molar-refractivity contribution is -0.156. The molecule has 0 N–H and O–H groups in total. The van der Waals surface area contributed by atoms with Crippen molar-refractivity contribution in [2.45, 2.75) is 26.4 Å². The van der Waals surface area contributed by atoms with Gasteiger partial charge in [0.05, 0.1) is 6.61 Å². The average molecular weight is 447 g/mol. The third-order valence-corrected chi connectivity index (χ3v) is 4.32. The molecule has 4 nitrogen and oxygen atoms in total. The molecule has 0 saturated carbocycles. The molecule has 2 rings (SSSR count). The third-order valence-electron chi connectivity index (χ3n) is 3.89. The zero-order chi connectivity index (χ0) is 21.8. The molecule has 0 bridgehead atoms. The highest BCUT2D eigenvalue weighted by atomic mass is 35.5. The van der Waals surface area contributed by atoms with Crippen molar-refractivity contribution in [3.63, 3.8) is 0 Å². The number of carbonyl (C=O) groups is 1. The second kappa shape index (κ2) is 13.0. The Morgan fingerprint density at radius 1 is 1.07 bits per heavy atom. The van der Waals surface area contributed by atoms with E-state index in [0.717, 1.165) is 16.9 Å². The minimum atomic E-state index is -0.599. The van der Waals surface area contributed by atoms with Crippen LogP contribution >= 0.6 is 23.2 Å². The lowest BCUT2D eigenvalue weighted by Gasteiger charge is -2.15. The van der Waals surface area contributed by atoms with Crippen LogP contribution in [0.25, 0.3) is 0 Å². The summed E-state index contributed by atoms with van der Waals surface area (Å²) in [5, 5.41) is 1.11. The van der Waals surface area contributed by atoms with E-state index in [2.05, 4.69) is 11.8 Å². The van der Waals surface area contributed by atoms with E-state index in [1.54, 1.807) is 31.2 Å². The lowest BCUT2D eigenvalue weighted by atomic mass is 10.1. The molecule has 1 atom stereocenters. The first-order chi connectivity index (χ1) is 14.5. The van der Waals surface area contributed by atoms with E-state index in [1.807, 2.05) is 37.3 Å². The van der Waals surface area contributed by atoms with E-state index in [1.165, 1.54) is 0 Å². The van der Waals surface area contributed by atoms with Crippen molar-refractivity contribution in [2.24, 2.45) is 0 Å². The lowest BCUT2D eigenvalue weighted by Crippen LogP contribution is -2.28. The molecule has 0 saturated heterocycles. The fourth-order valence-corrected chi connectivity index (χ4v) is 3.11. The molecule has 0 heterocycles. The molecule has 0 radical (unpaired) electrons. The number of esters is 1. The van der Waals surface area contributed by atoms with E-state index in [-0.39, 0.29) is 5.97 Å². The largest absolute Gasteiger partial charge is 0.490 e. The molecule has 2 aromatic carbocycles. The molecule has 30 heavy (non-hydrogen) atoms. The van der Waals surface area contributed by atoms with Crippen molar-refractivity contribution in [3.8, 4) is 17.6 Å². The fourth-order valence-electron chi connectivity index (χ4n) is 2.58. The number of halogens is 2. The molecule has 0 aliphatic rings. The van der Waals surface area contributed by atoms with Gasteiger partial charge in [0.25, 0.3) is 0 Å².